The first-order valence-electron chi connectivity index (χ1n) is 8.58. The molecule has 0 saturated carbocycles. The second-order valence-electron chi connectivity index (χ2n) is 5.97. The number of piperidine rings is 1. The van der Waals surface area contributed by atoms with Gasteiger partial charge in [-0.3, -0.25) is 4.99 Å². The zero-order valence-electron chi connectivity index (χ0n) is 14.1. The molecule has 1 N–H and O–H groups in total. The van der Waals surface area contributed by atoms with Gasteiger partial charge in [-0.15, -0.1) is 24.0 Å². The van der Waals surface area contributed by atoms with Crippen molar-refractivity contribution < 1.29 is 4.74 Å². The van der Waals surface area contributed by atoms with Gasteiger partial charge in [0.1, 0.15) is 0 Å². The van der Waals surface area contributed by atoms with E-state index in [-0.39, 0.29) is 24.0 Å². The van der Waals surface area contributed by atoms with Crippen LogP contribution in [0.4, 0.5) is 0 Å². The van der Waals surface area contributed by atoms with Crippen molar-refractivity contribution in [1.29, 1.82) is 0 Å². The molecule has 0 amide bonds. The lowest BCUT2D eigenvalue weighted by molar-refractivity contribution is 0.0264. The topological polar surface area (TPSA) is 36.9 Å². The lowest BCUT2D eigenvalue weighted by Crippen LogP contribution is -2.47. The van der Waals surface area contributed by atoms with Crippen LogP contribution in [0.3, 0.4) is 0 Å². The van der Waals surface area contributed by atoms with Gasteiger partial charge in [0.15, 0.2) is 5.96 Å². The van der Waals surface area contributed by atoms with Gasteiger partial charge in [0.2, 0.25) is 0 Å². The van der Waals surface area contributed by atoms with Crippen LogP contribution < -0.4 is 5.32 Å². The number of allylic oxidation sites excluding steroid dienone is 1. The number of nitrogens with one attached hydrogen (secondary N) is 1. The molecule has 0 radical (unpaired) electrons. The summed E-state index contributed by atoms with van der Waals surface area (Å²) in [5.74, 6) is 1.06. The molecule has 4 nitrogen and oxygen atoms in total. The second kappa shape index (κ2) is 11.3. The summed E-state index contributed by atoms with van der Waals surface area (Å²) in [6.45, 7) is 6.00. The third kappa shape index (κ3) is 6.44. The van der Waals surface area contributed by atoms with Crippen LogP contribution in [0.2, 0.25) is 0 Å². The molecule has 1 aliphatic carbocycles. The van der Waals surface area contributed by atoms with E-state index < -0.39 is 0 Å². The third-order valence-corrected chi connectivity index (χ3v) is 4.47. The summed E-state index contributed by atoms with van der Waals surface area (Å²) >= 11 is 0. The van der Waals surface area contributed by atoms with Crippen molar-refractivity contribution in [1.82, 2.24) is 10.2 Å². The Morgan fingerprint density at radius 3 is 2.73 bits per heavy atom. The lowest BCUT2D eigenvalue weighted by Gasteiger charge is -2.34. The molecule has 22 heavy (non-hydrogen) atoms. The Balaban J connectivity index is 0.00000242. The number of aliphatic imine (C=N–C) groups is 1. The minimum Gasteiger partial charge on any atom is -0.378 e. The van der Waals surface area contributed by atoms with Gasteiger partial charge in [-0.1, -0.05) is 11.6 Å². The molecule has 2 rings (SSSR count). The van der Waals surface area contributed by atoms with E-state index in [2.05, 4.69) is 28.2 Å². The van der Waals surface area contributed by atoms with E-state index in [4.69, 9.17) is 4.74 Å². The number of ether oxygens (including phenoxy) is 1. The third-order valence-electron chi connectivity index (χ3n) is 4.47. The summed E-state index contributed by atoms with van der Waals surface area (Å²) in [5.41, 5.74) is 1.62. The second-order valence-corrected chi connectivity index (χ2v) is 5.97. The normalized spacial score (nSPS) is 20.4. The van der Waals surface area contributed by atoms with Crippen molar-refractivity contribution in [3.63, 3.8) is 0 Å². The van der Waals surface area contributed by atoms with Crippen molar-refractivity contribution in [2.75, 3.05) is 33.3 Å². The standard InChI is InChI=1S/C17H31N3O.HI/c1-3-21-16-10-13-20(14-11-16)17(18-2)19-12-9-15-7-5-4-6-8-15;/h7,16H,3-6,8-14H2,1-2H3,(H,18,19);1H. The van der Waals surface area contributed by atoms with Gasteiger partial charge in [0, 0.05) is 33.3 Å². The number of halogens is 1. The van der Waals surface area contributed by atoms with Crippen LogP contribution in [0, 0.1) is 0 Å². The van der Waals surface area contributed by atoms with E-state index in [1.807, 2.05) is 7.05 Å². The molecule has 1 heterocycles. The molecule has 1 saturated heterocycles. The predicted molar refractivity (Wildman–Crippen MR) is 104 cm³/mol. The summed E-state index contributed by atoms with van der Waals surface area (Å²) in [5, 5.41) is 3.53. The maximum atomic E-state index is 5.71. The molecule has 128 valence electrons. The molecular formula is C17H32IN3O. The van der Waals surface area contributed by atoms with E-state index in [0.29, 0.717) is 6.10 Å². The zero-order chi connectivity index (χ0) is 14.9. The Labute approximate surface area is 152 Å². The van der Waals surface area contributed by atoms with Crippen molar-refractivity contribution in [2.45, 2.75) is 58.0 Å². The van der Waals surface area contributed by atoms with Crippen LogP contribution in [0.25, 0.3) is 0 Å². The average molecular weight is 421 g/mol. The predicted octanol–water partition coefficient (Wildman–Crippen LogP) is 3.57. The minimum atomic E-state index is 0. The molecule has 2 aliphatic rings. The highest BCUT2D eigenvalue weighted by molar-refractivity contribution is 14.0. The smallest absolute Gasteiger partial charge is 0.193 e. The van der Waals surface area contributed by atoms with E-state index >= 15 is 0 Å². The lowest BCUT2D eigenvalue weighted by atomic mass is 9.97. The van der Waals surface area contributed by atoms with Gasteiger partial charge in [0.05, 0.1) is 6.10 Å². The van der Waals surface area contributed by atoms with Gasteiger partial charge >= 0.3 is 0 Å². The summed E-state index contributed by atoms with van der Waals surface area (Å²) in [6, 6.07) is 0. The zero-order valence-corrected chi connectivity index (χ0v) is 16.5. The van der Waals surface area contributed by atoms with Crippen LogP contribution in [0.5, 0.6) is 0 Å². The van der Waals surface area contributed by atoms with E-state index in [1.54, 1.807) is 5.57 Å². The molecule has 0 aromatic carbocycles. The first kappa shape index (κ1) is 19.7. The van der Waals surface area contributed by atoms with Crippen molar-refractivity contribution in [3.8, 4) is 0 Å². The highest BCUT2D eigenvalue weighted by Crippen LogP contribution is 2.19. The van der Waals surface area contributed by atoms with Gasteiger partial charge in [0.25, 0.3) is 0 Å². The molecule has 0 spiro atoms. The number of hydrogen-bond acceptors (Lipinski definition) is 2. The van der Waals surface area contributed by atoms with E-state index in [0.717, 1.165) is 51.5 Å². The minimum absolute atomic E-state index is 0. The fourth-order valence-electron chi connectivity index (χ4n) is 3.27. The Morgan fingerprint density at radius 1 is 1.36 bits per heavy atom. The fraction of sp³-hybridized carbons (Fsp3) is 0.824. The van der Waals surface area contributed by atoms with Crippen LogP contribution in [0.15, 0.2) is 16.6 Å². The largest absolute Gasteiger partial charge is 0.378 e. The van der Waals surface area contributed by atoms with Crippen molar-refractivity contribution in [3.05, 3.63) is 11.6 Å². The molecule has 5 heteroatoms. The number of hydrogen-bond donors (Lipinski definition) is 1. The van der Waals surface area contributed by atoms with Crippen molar-refractivity contribution >= 4 is 29.9 Å². The molecule has 0 aromatic heterocycles. The average Bonchev–Trinajstić information content (AvgIpc) is 2.54. The van der Waals surface area contributed by atoms with Crippen LogP contribution in [0.1, 0.15) is 51.9 Å². The Morgan fingerprint density at radius 2 is 2.14 bits per heavy atom. The van der Waals surface area contributed by atoms with Crippen molar-refractivity contribution in [2.24, 2.45) is 4.99 Å². The Bertz CT molecular complexity index is 363. The molecular weight excluding hydrogens is 389 g/mol. The van der Waals surface area contributed by atoms with E-state index in [1.165, 1.54) is 25.7 Å². The van der Waals surface area contributed by atoms with Gasteiger partial charge < -0.3 is 15.0 Å². The highest BCUT2D eigenvalue weighted by Gasteiger charge is 2.21. The highest BCUT2D eigenvalue weighted by atomic mass is 127. The maximum absolute atomic E-state index is 5.71. The summed E-state index contributed by atoms with van der Waals surface area (Å²) < 4.78 is 5.71. The van der Waals surface area contributed by atoms with Gasteiger partial charge in [-0.2, -0.15) is 0 Å². The first-order chi connectivity index (χ1) is 10.3. The summed E-state index contributed by atoms with van der Waals surface area (Å²) in [7, 11) is 1.89. The monoisotopic (exact) mass is 421 g/mol. The summed E-state index contributed by atoms with van der Waals surface area (Å²) in [4.78, 5) is 6.80. The SMILES string of the molecule is CCOC1CCN(C(=NC)NCCC2=CCCCC2)CC1.I. The quantitative estimate of drug-likeness (QED) is 0.319. The molecule has 0 unspecified atom stereocenters. The molecule has 0 atom stereocenters. The van der Waals surface area contributed by atoms with Gasteiger partial charge in [-0.05, 0) is 51.9 Å². The van der Waals surface area contributed by atoms with Crippen LogP contribution in [-0.2, 0) is 4.74 Å². The molecule has 1 fully saturated rings. The Hall–Kier alpha value is -0.300. The van der Waals surface area contributed by atoms with Gasteiger partial charge in [-0.25, -0.2) is 0 Å². The molecule has 0 aromatic rings. The number of likely N-dealkylation sites (tertiary alicyclic amines) is 1. The number of guanidine groups is 1. The Kier molecular flexibility index (Phi) is 10.1. The fourth-order valence-corrected chi connectivity index (χ4v) is 3.27. The van der Waals surface area contributed by atoms with E-state index in [9.17, 15) is 0 Å². The van der Waals surface area contributed by atoms with Crippen LogP contribution >= 0.6 is 24.0 Å². The maximum Gasteiger partial charge on any atom is 0.193 e. The summed E-state index contributed by atoms with van der Waals surface area (Å²) in [6.07, 6.45) is 11.6. The first-order valence-corrected chi connectivity index (χ1v) is 8.58. The number of nitrogens with zero attached hydrogens (tertiary/aromatic N) is 2. The number of rotatable bonds is 5. The molecule has 1 aliphatic heterocycles. The van der Waals surface area contributed by atoms with Crippen LogP contribution in [-0.4, -0.2) is 50.3 Å². The molecule has 0 bridgehead atoms.